The van der Waals surface area contributed by atoms with Crippen LogP contribution in [0.3, 0.4) is 0 Å². The number of nitrogens with zero attached hydrogens (tertiary/aromatic N) is 3. The number of anilines is 1. The SMILES string of the molecule is CCOc1cc2nc(-c3ccc(OC)c(OC)c3)nc(N3CCC(Cc4ccccc4)CC3)c2cc1OC. The van der Waals surface area contributed by atoms with E-state index in [0.717, 1.165) is 54.6 Å². The molecule has 1 fully saturated rings. The molecule has 0 saturated carbocycles. The zero-order valence-corrected chi connectivity index (χ0v) is 22.6. The highest BCUT2D eigenvalue weighted by Gasteiger charge is 2.24. The zero-order valence-electron chi connectivity index (χ0n) is 22.6. The fraction of sp³-hybridized carbons (Fsp3) is 0.355. The summed E-state index contributed by atoms with van der Waals surface area (Å²) in [6.07, 6.45) is 3.34. The van der Waals surface area contributed by atoms with Gasteiger partial charge in [-0.3, -0.25) is 0 Å². The van der Waals surface area contributed by atoms with E-state index in [2.05, 4.69) is 35.2 Å². The highest BCUT2D eigenvalue weighted by molar-refractivity contribution is 5.93. The molecule has 3 aromatic carbocycles. The van der Waals surface area contributed by atoms with Gasteiger partial charge in [-0.05, 0) is 61.9 Å². The van der Waals surface area contributed by atoms with Crippen molar-refractivity contribution in [3.8, 4) is 34.4 Å². The Bertz CT molecular complexity index is 1390. The summed E-state index contributed by atoms with van der Waals surface area (Å²) in [7, 11) is 4.93. The highest BCUT2D eigenvalue weighted by Crippen LogP contribution is 2.39. The van der Waals surface area contributed by atoms with Crippen molar-refractivity contribution in [3.05, 3.63) is 66.2 Å². The molecule has 0 spiro atoms. The van der Waals surface area contributed by atoms with Gasteiger partial charge in [0.25, 0.3) is 0 Å². The van der Waals surface area contributed by atoms with Gasteiger partial charge in [-0.15, -0.1) is 0 Å². The fourth-order valence-corrected chi connectivity index (χ4v) is 5.19. The van der Waals surface area contributed by atoms with Crippen LogP contribution in [0.4, 0.5) is 5.82 Å². The molecular weight excluding hydrogens is 478 g/mol. The molecule has 7 heteroatoms. The van der Waals surface area contributed by atoms with Crippen molar-refractivity contribution in [2.75, 3.05) is 45.9 Å². The van der Waals surface area contributed by atoms with Crippen LogP contribution < -0.4 is 23.8 Å². The van der Waals surface area contributed by atoms with Gasteiger partial charge in [0.05, 0.1) is 33.5 Å². The van der Waals surface area contributed by atoms with Crippen LogP contribution in [-0.2, 0) is 6.42 Å². The Kier molecular flexibility index (Phi) is 7.82. The number of aromatic nitrogens is 2. The van der Waals surface area contributed by atoms with E-state index in [1.807, 2.05) is 37.3 Å². The maximum absolute atomic E-state index is 5.87. The quantitative estimate of drug-likeness (QED) is 0.265. The van der Waals surface area contributed by atoms with Crippen molar-refractivity contribution < 1.29 is 18.9 Å². The van der Waals surface area contributed by atoms with Gasteiger partial charge in [-0.2, -0.15) is 0 Å². The summed E-state index contributed by atoms with van der Waals surface area (Å²) in [5.41, 5.74) is 3.08. The van der Waals surface area contributed by atoms with Crippen molar-refractivity contribution in [1.29, 1.82) is 0 Å². The van der Waals surface area contributed by atoms with Crippen LogP contribution in [0.25, 0.3) is 22.3 Å². The summed E-state index contributed by atoms with van der Waals surface area (Å²) in [4.78, 5) is 12.4. The van der Waals surface area contributed by atoms with E-state index in [1.54, 1.807) is 21.3 Å². The van der Waals surface area contributed by atoms with Crippen LogP contribution >= 0.6 is 0 Å². The molecule has 0 amide bonds. The Hall–Kier alpha value is -4.00. The van der Waals surface area contributed by atoms with E-state index in [4.69, 9.17) is 28.9 Å². The van der Waals surface area contributed by atoms with Gasteiger partial charge in [0.1, 0.15) is 5.82 Å². The summed E-state index contributed by atoms with van der Waals surface area (Å²) in [5, 5.41) is 0.955. The van der Waals surface area contributed by atoms with Crippen LogP contribution in [-0.4, -0.2) is 51.0 Å². The number of methoxy groups -OCH3 is 3. The average Bonchev–Trinajstić information content (AvgIpc) is 2.97. The van der Waals surface area contributed by atoms with Crippen molar-refractivity contribution in [1.82, 2.24) is 9.97 Å². The lowest BCUT2D eigenvalue weighted by Gasteiger charge is -2.33. The molecule has 0 unspecified atom stereocenters. The van der Waals surface area contributed by atoms with Crippen molar-refractivity contribution in [2.45, 2.75) is 26.2 Å². The molecule has 38 heavy (non-hydrogen) atoms. The van der Waals surface area contributed by atoms with E-state index < -0.39 is 0 Å². The number of hydrogen-bond acceptors (Lipinski definition) is 7. The minimum absolute atomic E-state index is 0.539. The Balaban J connectivity index is 1.53. The Morgan fingerprint density at radius 1 is 0.789 bits per heavy atom. The summed E-state index contributed by atoms with van der Waals surface area (Å²) in [6, 6.07) is 20.5. The molecule has 4 aromatic rings. The number of rotatable bonds is 9. The van der Waals surface area contributed by atoms with Gasteiger partial charge in [-0.25, -0.2) is 9.97 Å². The van der Waals surface area contributed by atoms with Crippen LogP contribution in [0.5, 0.6) is 23.0 Å². The molecule has 5 rings (SSSR count). The molecule has 1 aliphatic rings. The number of ether oxygens (including phenoxy) is 4. The molecule has 0 bridgehead atoms. The molecule has 198 valence electrons. The topological polar surface area (TPSA) is 65.9 Å². The molecule has 0 N–H and O–H groups in total. The van der Waals surface area contributed by atoms with E-state index >= 15 is 0 Å². The number of fused-ring (bicyclic) bond motifs is 1. The lowest BCUT2D eigenvalue weighted by Crippen LogP contribution is -2.35. The van der Waals surface area contributed by atoms with Crippen LogP contribution in [0.1, 0.15) is 25.3 Å². The normalized spacial score (nSPS) is 13.9. The first-order valence-electron chi connectivity index (χ1n) is 13.2. The first-order chi connectivity index (χ1) is 18.6. The molecule has 1 aromatic heterocycles. The summed E-state index contributed by atoms with van der Waals surface area (Å²) < 4.78 is 22.5. The second kappa shape index (κ2) is 11.6. The van der Waals surface area contributed by atoms with Gasteiger partial charge in [0.2, 0.25) is 0 Å². The maximum atomic E-state index is 5.87. The molecular formula is C31H35N3O4. The van der Waals surface area contributed by atoms with E-state index in [-0.39, 0.29) is 0 Å². The molecule has 7 nitrogen and oxygen atoms in total. The minimum Gasteiger partial charge on any atom is -0.493 e. The third-order valence-corrected chi connectivity index (χ3v) is 7.18. The first-order valence-corrected chi connectivity index (χ1v) is 13.2. The smallest absolute Gasteiger partial charge is 0.163 e. The molecule has 0 atom stereocenters. The number of benzene rings is 3. The minimum atomic E-state index is 0.539. The predicted octanol–water partition coefficient (Wildman–Crippen LogP) is 6.18. The van der Waals surface area contributed by atoms with Crippen molar-refractivity contribution >= 4 is 16.7 Å². The Morgan fingerprint density at radius 3 is 2.18 bits per heavy atom. The summed E-state index contributed by atoms with van der Waals surface area (Å²) in [5.74, 6) is 4.87. The number of piperidine rings is 1. The van der Waals surface area contributed by atoms with Crippen molar-refractivity contribution in [3.63, 3.8) is 0 Å². The first kappa shape index (κ1) is 25.6. The van der Waals surface area contributed by atoms with E-state index in [0.29, 0.717) is 41.3 Å². The molecule has 2 heterocycles. The third-order valence-electron chi connectivity index (χ3n) is 7.18. The van der Waals surface area contributed by atoms with E-state index in [9.17, 15) is 0 Å². The van der Waals surface area contributed by atoms with Gasteiger partial charge >= 0.3 is 0 Å². The van der Waals surface area contributed by atoms with Crippen LogP contribution in [0, 0.1) is 5.92 Å². The van der Waals surface area contributed by atoms with Crippen LogP contribution in [0.15, 0.2) is 60.7 Å². The fourth-order valence-electron chi connectivity index (χ4n) is 5.19. The second-order valence-electron chi connectivity index (χ2n) is 9.51. The lowest BCUT2D eigenvalue weighted by atomic mass is 9.90. The Morgan fingerprint density at radius 2 is 1.50 bits per heavy atom. The average molecular weight is 514 g/mol. The van der Waals surface area contributed by atoms with Gasteiger partial charge in [0, 0.05) is 30.1 Å². The second-order valence-corrected chi connectivity index (χ2v) is 9.51. The molecule has 1 saturated heterocycles. The van der Waals surface area contributed by atoms with E-state index in [1.165, 1.54) is 5.56 Å². The van der Waals surface area contributed by atoms with Crippen LogP contribution in [0.2, 0.25) is 0 Å². The van der Waals surface area contributed by atoms with Gasteiger partial charge in [0.15, 0.2) is 28.8 Å². The maximum Gasteiger partial charge on any atom is 0.163 e. The van der Waals surface area contributed by atoms with Crippen molar-refractivity contribution in [2.24, 2.45) is 5.92 Å². The highest BCUT2D eigenvalue weighted by atomic mass is 16.5. The lowest BCUT2D eigenvalue weighted by molar-refractivity contribution is 0.311. The van der Waals surface area contributed by atoms with Gasteiger partial charge in [-0.1, -0.05) is 30.3 Å². The third kappa shape index (κ3) is 5.32. The molecule has 1 aliphatic heterocycles. The van der Waals surface area contributed by atoms with Gasteiger partial charge < -0.3 is 23.8 Å². The predicted molar refractivity (Wildman–Crippen MR) is 151 cm³/mol. The molecule has 0 aliphatic carbocycles. The monoisotopic (exact) mass is 513 g/mol. The largest absolute Gasteiger partial charge is 0.493 e. The zero-order chi connectivity index (χ0) is 26.5. The summed E-state index contributed by atoms with van der Waals surface area (Å²) >= 11 is 0. The summed E-state index contributed by atoms with van der Waals surface area (Å²) in [6.45, 7) is 4.37. The number of hydrogen-bond donors (Lipinski definition) is 0. The molecule has 0 radical (unpaired) electrons. The standard InChI is InChI=1S/C31H35N3O4/c1-5-38-29-20-25-24(19-28(29)37-4)31(33-30(32-25)23-11-12-26(35-2)27(18-23)36-3)34-15-13-22(14-16-34)17-21-9-7-6-8-10-21/h6-12,18-20,22H,5,13-17H2,1-4H3. The Labute approximate surface area is 224 Å².